The van der Waals surface area contributed by atoms with E-state index in [2.05, 4.69) is 6.92 Å². The molecule has 1 fully saturated rings. The van der Waals surface area contributed by atoms with Gasteiger partial charge in [-0.15, -0.1) is 11.3 Å². The lowest BCUT2D eigenvalue weighted by atomic mass is 9.84. The number of ketones is 1. The van der Waals surface area contributed by atoms with Crippen molar-refractivity contribution in [2.45, 2.75) is 76.4 Å². The van der Waals surface area contributed by atoms with Crippen LogP contribution >= 0.6 is 11.3 Å². The number of aliphatic hydroxyl groups excluding tert-OH is 2. The molecule has 1 aromatic carbocycles. The van der Waals surface area contributed by atoms with Gasteiger partial charge in [0.05, 0.1) is 11.0 Å². The largest absolute Gasteiger partial charge is 0.390 e. The molecule has 162 valence electrons. The number of rotatable bonds is 11. The summed E-state index contributed by atoms with van der Waals surface area (Å²) in [6.45, 7) is 2.06. The van der Waals surface area contributed by atoms with Gasteiger partial charge in [-0.2, -0.15) is 0 Å². The van der Waals surface area contributed by atoms with E-state index >= 15 is 0 Å². The maximum absolute atomic E-state index is 12.6. The Morgan fingerprint density at radius 2 is 1.90 bits per heavy atom. The van der Waals surface area contributed by atoms with Crippen LogP contribution in [0.25, 0.3) is 0 Å². The molecule has 1 heterocycles. The Morgan fingerprint density at radius 1 is 1.13 bits per heavy atom. The Kier molecular flexibility index (Phi) is 8.37. The Labute approximate surface area is 183 Å². The Hall–Kier alpha value is -1.82. The van der Waals surface area contributed by atoms with Crippen molar-refractivity contribution < 1.29 is 19.8 Å². The average Bonchev–Trinajstić information content (AvgIpc) is 3.38. The van der Waals surface area contributed by atoms with Crippen LogP contribution in [0, 0.1) is 5.92 Å². The van der Waals surface area contributed by atoms with Gasteiger partial charge in [-0.05, 0) is 61.3 Å². The maximum Gasteiger partial charge on any atom is 0.160 e. The van der Waals surface area contributed by atoms with Crippen LogP contribution in [0.5, 0.6) is 0 Å². The minimum absolute atomic E-state index is 0.0740. The SMILES string of the molecule is CCCCC(O)C(O)c1ccc(C2C(=O)CC[C@@H]2CCCc2ccc(C=O)s2)cc1. The molecule has 1 saturated carbocycles. The zero-order valence-electron chi connectivity index (χ0n) is 17.6. The second-order valence-corrected chi connectivity index (χ2v) is 9.58. The number of thiophene rings is 1. The zero-order valence-corrected chi connectivity index (χ0v) is 18.4. The Balaban J connectivity index is 1.59. The fourth-order valence-electron chi connectivity index (χ4n) is 4.51. The van der Waals surface area contributed by atoms with Crippen molar-refractivity contribution >= 4 is 23.4 Å². The van der Waals surface area contributed by atoms with Crippen LogP contribution in [0.2, 0.25) is 0 Å². The smallest absolute Gasteiger partial charge is 0.160 e. The predicted molar refractivity (Wildman–Crippen MR) is 120 cm³/mol. The summed E-state index contributed by atoms with van der Waals surface area (Å²) in [6, 6.07) is 11.5. The second kappa shape index (κ2) is 11.0. The number of unbranched alkanes of at least 4 members (excludes halogenated alkanes) is 1. The summed E-state index contributed by atoms with van der Waals surface area (Å²) in [5.74, 6) is 0.569. The van der Waals surface area contributed by atoms with E-state index in [1.807, 2.05) is 36.4 Å². The van der Waals surface area contributed by atoms with Crippen LogP contribution in [-0.2, 0) is 11.2 Å². The molecule has 0 amide bonds. The zero-order chi connectivity index (χ0) is 21.5. The van der Waals surface area contributed by atoms with Gasteiger partial charge < -0.3 is 10.2 Å². The molecule has 2 N–H and O–H groups in total. The van der Waals surface area contributed by atoms with E-state index in [4.69, 9.17) is 0 Å². The first-order chi connectivity index (χ1) is 14.5. The lowest BCUT2D eigenvalue weighted by Crippen LogP contribution is -2.18. The average molecular weight is 429 g/mol. The van der Waals surface area contributed by atoms with Crippen LogP contribution in [-0.4, -0.2) is 28.4 Å². The van der Waals surface area contributed by atoms with Crippen molar-refractivity contribution in [1.82, 2.24) is 0 Å². The minimum Gasteiger partial charge on any atom is -0.390 e. The standard InChI is InChI=1S/C25H32O4S/c1-2-3-7-23(28)25(29)19-10-8-18(9-11-19)24-17(12-15-22(24)27)5-4-6-20-13-14-21(16-26)30-20/h8-11,13-14,16-17,23-25,28-29H,2-7,12,15H2,1H3/t17-,23?,24?,25?/m0/s1. The van der Waals surface area contributed by atoms with Gasteiger partial charge in [0.25, 0.3) is 0 Å². The van der Waals surface area contributed by atoms with E-state index in [0.29, 0.717) is 30.1 Å². The van der Waals surface area contributed by atoms with Gasteiger partial charge in [-0.25, -0.2) is 0 Å². The van der Waals surface area contributed by atoms with Crippen molar-refractivity contribution in [3.05, 3.63) is 57.3 Å². The van der Waals surface area contributed by atoms with Gasteiger partial charge >= 0.3 is 0 Å². The third kappa shape index (κ3) is 5.65. The quantitative estimate of drug-likeness (QED) is 0.481. The Bertz CT molecular complexity index is 826. The first-order valence-electron chi connectivity index (χ1n) is 11.1. The molecule has 1 aliphatic carbocycles. The van der Waals surface area contributed by atoms with Gasteiger partial charge in [0.1, 0.15) is 11.9 Å². The summed E-state index contributed by atoms with van der Waals surface area (Å²) >= 11 is 1.55. The van der Waals surface area contributed by atoms with Crippen molar-refractivity contribution in [2.24, 2.45) is 5.92 Å². The first-order valence-corrected chi connectivity index (χ1v) is 11.9. The van der Waals surface area contributed by atoms with Crippen LogP contribution in [0.1, 0.15) is 89.6 Å². The molecule has 0 spiro atoms. The number of aldehydes is 1. The van der Waals surface area contributed by atoms with E-state index in [0.717, 1.165) is 55.3 Å². The van der Waals surface area contributed by atoms with Crippen molar-refractivity contribution in [3.8, 4) is 0 Å². The minimum atomic E-state index is -0.886. The van der Waals surface area contributed by atoms with E-state index < -0.39 is 12.2 Å². The highest BCUT2D eigenvalue weighted by Gasteiger charge is 2.35. The molecule has 0 radical (unpaired) electrons. The van der Waals surface area contributed by atoms with Gasteiger partial charge in [0, 0.05) is 17.2 Å². The number of aryl methyl sites for hydroxylation is 1. The lowest BCUT2D eigenvalue weighted by Gasteiger charge is -2.21. The number of Topliss-reactive ketones (excluding diaryl/α,β-unsaturated/α-hetero) is 1. The van der Waals surface area contributed by atoms with Crippen LogP contribution in [0.3, 0.4) is 0 Å². The van der Waals surface area contributed by atoms with Gasteiger partial charge in [0.2, 0.25) is 0 Å². The second-order valence-electron chi connectivity index (χ2n) is 8.38. The van der Waals surface area contributed by atoms with E-state index in [1.54, 1.807) is 11.3 Å². The van der Waals surface area contributed by atoms with Crippen LogP contribution in [0.4, 0.5) is 0 Å². The molecule has 0 saturated heterocycles. The van der Waals surface area contributed by atoms with Crippen molar-refractivity contribution in [2.75, 3.05) is 0 Å². The first kappa shape index (κ1) is 22.9. The molecular weight excluding hydrogens is 396 g/mol. The number of hydrogen-bond acceptors (Lipinski definition) is 5. The fraction of sp³-hybridized carbons (Fsp3) is 0.520. The van der Waals surface area contributed by atoms with Gasteiger partial charge in [-0.1, -0.05) is 44.0 Å². The number of carbonyl (C=O) groups excluding carboxylic acids is 2. The monoisotopic (exact) mass is 428 g/mol. The summed E-state index contributed by atoms with van der Waals surface area (Å²) in [6.07, 6.45) is 6.20. The van der Waals surface area contributed by atoms with E-state index in [9.17, 15) is 19.8 Å². The normalized spacial score (nSPS) is 21.0. The number of aliphatic hydroxyl groups is 2. The van der Waals surface area contributed by atoms with Crippen LogP contribution < -0.4 is 0 Å². The van der Waals surface area contributed by atoms with E-state index in [-0.39, 0.29) is 5.92 Å². The van der Waals surface area contributed by atoms with Crippen molar-refractivity contribution in [3.63, 3.8) is 0 Å². The molecule has 0 aliphatic heterocycles. The number of benzene rings is 1. The van der Waals surface area contributed by atoms with Gasteiger partial charge in [-0.3, -0.25) is 9.59 Å². The topological polar surface area (TPSA) is 74.6 Å². The van der Waals surface area contributed by atoms with Crippen molar-refractivity contribution in [1.29, 1.82) is 0 Å². The molecule has 3 rings (SSSR count). The van der Waals surface area contributed by atoms with Crippen LogP contribution in [0.15, 0.2) is 36.4 Å². The molecular formula is C25H32O4S. The molecule has 4 nitrogen and oxygen atoms in total. The molecule has 2 aromatic rings. The van der Waals surface area contributed by atoms with E-state index in [1.165, 1.54) is 4.88 Å². The summed E-state index contributed by atoms with van der Waals surface area (Å²) in [7, 11) is 0. The highest BCUT2D eigenvalue weighted by atomic mass is 32.1. The molecule has 3 unspecified atom stereocenters. The molecule has 30 heavy (non-hydrogen) atoms. The maximum atomic E-state index is 12.6. The summed E-state index contributed by atoms with van der Waals surface area (Å²) in [4.78, 5) is 25.4. The lowest BCUT2D eigenvalue weighted by molar-refractivity contribution is -0.119. The molecule has 0 bridgehead atoms. The highest BCUT2D eigenvalue weighted by molar-refractivity contribution is 7.13. The summed E-state index contributed by atoms with van der Waals surface area (Å²) < 4.78 is 0. The molecule has 4 atom stereocenters. The molecule has 1 aromatic heterocycles. The third-order valence-corrected chi connectivity index (χ3v) is 7.30. The number of carbonyl (C=O) groups is 2. The third-order valence-electron chi connectivity index (χ3n) is 6.23. The Morgan fingerprint density at radius 3 is 2.57 bits per heavy atom. The highest BCUT2D eigenvalue weighted by Crippen LogP contribution is 2.40. The number of hydrogen-bond donors (Lipinski definition) is 2. The summed E-state index contributed by atoms with van der Waals surface area (Å²) in [5, 5.41) is 20.5. The summed E-state index contributed by atoms with van der Waals surface area (Å²) in [5.41, 5.74) is 1.72. The molecule has 5 heteroatoms. The fourth-order valence-corrected chi connectivity index (χ4v) is 5.38. The predicted octanol–water partition coefficient (Wildman–Crippen LogP) is 5.23. The van der Waals surface area contributed by atoms with Gasteiger partial charge in [0.15, 0.2) is 6.29 Å². The molecule has 1 aliphatic rings.